The zero-order valence-corrected chi connectivity index (χ0v) is 20.9. The molecule has 3 heterocycles. The molecule has 2 aliphatic heterocycles. The van der Waals surface area contributed by atoms with Crippen molar-refractivity contribution in [2.45, 2.75) is 19.4 Å². The molecule has 1 fully saturated rings. The van der Waals surface area contributed by atoms with Crippen molar-refractivity contribution in [3.63, 3.8) is 0 Å². The highest BCUT2D eigenvalue weighted by Crippen LogP contribution is 2.45. The molecule has 196 valence electrons. The second kappa shape index (κ2) is 10.6. The van der Waals surface area contributed by atoms with Gasteiger partial charge in [0.1, 0.15) is 23.5 Å². The first-order valence-corrected chi connectivity index (χ1v) is 11.8. The highest BCUT2D eigenvalue weighted by Gasteiger charge is 2.36. The Morgan fingerprint density at radius 3 is 2.84 bits per heavy atom. The van der Waals surface area contributed by atoms with Crippen molar-refractivity contribution in [1.82, 2.24) is 19.9 Å². The molecule has 0 aliphatic carbocycles. The van der Waals surface area contributed by atoms with Gasteiger partial charge in [0, 0.05) is 38.0 Å². The number of rotatable bonds is 4. The van der Waals surface area contributed by atoms with E-state index in [-0.39, 0.29) is 46.2 Å². The minimum atomic E-state index is -0.758. The van der Waals surface area contributed by atoms with Gasteiger partial charge < -0.3 is 26.0 Å². The van der Waals surface area contributed by atoms with Crippen molar-refractivity contribution in [3.05, 3.63) is 65.3 Å². The number of nitrogens with zero attached hydrogens (tertiary/aromatic N) is 5. The molecule has 10 nitrogen and oxygen atoms in total. The van der Waals surface area contributed by atoms with E-state index >= 15 is 4.39 Å². The molecule has 1 atom stereocenters. The largest absolute Gasteiger partial charge is 0.491 e. The quantitative estimate of drug-likeness (QED) is 0.236. The lowest BCUT2D eigenvalue weighted by Crippen LogP contribution is -2.59. The van der Waals surface area contributed by atoms with E-state index in [1.54, 1.807) is 11.8 Å². The predicted molar refractivity (Wildman–Crippen MR) is 138 cm³/mol. The lowest BCUT2D eigenvalue weighted by Gasteiger charge is -2.44. The van der Waals surface area contributed by atoms with Gasteiger partial charge in [-0.15, -0.1) is 0 Å². The summed E-state index contributed by atoms with van der Waals surface area (Å²) in [7, 11) is 0. The first kappa shape index (κ1) is 26.2. The van der Waals surface area contributed by atoms with Crippen LogP contribution in [0.2, 0.25) is 5.02 Å². The average molecular weight is 533 g/mol. The maximum atomic E-state index is 15.7. The number of aromatic nitrogens is 2. The number of allylic oxidation sites excluding steroid dienone is 5. The fourth-order valence-corrected chi connectivity index (χ4v) is 4.71. The number of nitrogens with two attached hydrogens (primary N) is 3. The fourth-order valence-electron chi connectivity index (χ4n) is 4.37. The van der Waals surface area contributed by atoms with Crippen molar-refractivity contribution in [2.75, 3.05) is 31.1 Å². The number of urea groups is 1. The topological polar surface area (TPSA) is 140 Å². The molecular weight excluding hydrogens is 506 g/mol. The van der Waals surface area contributed by atoms with Gasteiger partial charge in [0.2, 0.25) is 0 Å². The second-order valence-corrected chi connectivity index (χ2v) is 8.95. The monoisotopic (exact) mass is 532 g/mol. The molecule has 0 spiro atoms. The van der Waals surface area contributed by atoms with Gasteiger partial charge in [-0.1, -0.05) is 24.3 Å². The Morgan fingerprint density at radius 1 is 1.38 bits per heavy atom. The number of ether oxygens (including phenoxy) is 1. The summed E-state index contributed by atoms with van der Waals surface area (Å²) in [5.74, 6) is 5.10. The number of hydrazine groups is 1. The van der Waals surface area contributed by atoms with Crippen LogP contribution in [0.1, 0.15) is 18.9 Å². The Balaban J connectivity index is 1.76. The third-order valence-corrected chi connectivity index (χ3v) is 6.65. The van der Waals surface area contributed by atoms with Gasteiger partial charge in [-0.25, -0.2) is 34.4 Å². The van der Waals surface area contributed by atoms with Crippen molar-refractivity contribution < 1.29 is 18.3 Å². The van der Waals surface area contributed by atoms with Crippen molar-refractivity contribution >= 4 is 40.0 Å². The molecule has 2 aliphatic rings. The van der Waals surface area contributed by atoms with Gasteiger partial charge in [0.15, 0.2) is 11.6 Å². The first-order chi connectivity index (χ1) is 17.6. The van der Waals surface area contributed by atoms with Crippen LogP contribution in [0.25, 0.3) is 16.6 Å². The number of piperazine rings is 1. The van der Waals surface area contributed by atoms with E-state index in [4.69, 9.17) is 33.6 Å². The predicted octanol–water partition coefficient (Wildman–Crippen LogP) is 3.15. The van der Waals surface area contributed by atoms with Crippen LogP contribution in [-0.2, 0) is 0 Å². The van der Waals surface area contributed by atoms with E-state index < -0.39 is 11.6 Å². The number of anilines is 1. The van der Waals surface area contributed by atoms with Crippen LogP contribution in [0.4, 0.5) is 19.4 Å². The van der Waals surface area contributed by atoms with Crippen LogP contribution in [0, 0.1) is 5.82 Å². The summed E-state index contributed by atoms with van der Waals surface area (Å²) in [6.07, 6.45) is 6.72. The minimum absolute atomic E-state index is 0.0226. The lowest BCUT2D eigenvalue weighted by atomic mass is 10.0. The van der Waals surface area contributed by atoms with Crippen LogP contribution in [0.5, 0.6) is 5.75 Å². The molecule has 2 aromatic rings. The maximum absolute atomic E-state index is 15.7. The van der Waals surface area contributed by atoms with E-state index in [1.165, 1.54) is 24.7 Å². The number of carbonyl (C=O) groups is 1. The fraction of sp³-hybridized carbons (Fsp3) is 0.292. The Morgan fingerprint density at radius 2 is 2.14 bits per heavy atom. The SMILES string of the molecule is C=C(F)/C=C\C=C(\N)c1c(Cl)c2c3c(ncnc3c1F)N1CCN(C(=O)N(N)/C(C)=C\N)CC1CCO2. The van der Waals surface area contributed by atoms with Gasteiger partial charge >= 0.3 is 6.03 Å². The van der Waals surface area contributed by atoms with Gasteiger partial charge in [-0.2, -0.15) is 0 Å². The molecule has 6 N–H and O–H groups in total. The molecule has 1 unspecified atom stereocenters. The number of halogens is 3. The van der Waals surface area contributed by atoms with Gasteiger partial charge in [-0.3, -0.25) is 0 Å². The number of benzene rings is 1. The van der Waals surface area contributed by atoms with E-state index in [0.29, 0.717) is 43.0 Å². The molecular formula is C24H27ClF2N8O2. The summed E-state index contributed by atoms with van der Waals surface area (Å²) in [5, 5.41) is 1.26. The number of amides is 2. The van der Waals surface area contributed by atoms with E-state index in [9.17, 15) is 9.18 Å². The Kier molecular flexibility index (Phi) is 7.50. The number of fused-ring (bicyclic) bond motifs is 2. The molecule has 1 saturated heterocycles. The van der Waals surface area contributed by atoms with E-state index in [1.807, 2.05) is 4.90 Å². The molecule has 13 heteroatoms. The van der Waals surface area contributed by atoms with E-state index in [0.717, 1.165) is 11.1 Å². The summed E-state index contributed by atoms with van der Waals surface area (Å²) >= 11 is 6.62. The molecule has 0 saturated carbocycles. The average Bonchev–Trinajstić information content (AvgIpc) is 2.87. The lowest BCUT2D eigenvalue weighted by molar-refractivity contribution is 0.149. The molecule has 0 bridgehead atoms. The third kappa shape index (κ3) is 4.89. The van der Waals surface area contributed by atoms with Gasteiger partial charge in [0.25, 0.3) is 0 Å². The normalized spacial score (nSPS) is 18.4. The maximum Gasteiger partial charge on any atom is 0.338 e. The molecule has 1 aromatic carbocycles. The Bertz CT molecular complexity index is 1350. The molecule has 0 radical (unpaired) electrons. The zero-order chi connectivity index (χ0) is 26.9. The Labute approximate surface area is 217 Å². The smallest absolute Gasteiger partial charge is 0.338 e. The third-order valence-electron chi connectivity index (χ3n) is 6.29. The summed E-state index contributed by atoms with van der Waals surface area (Å²) in [6.45, 7) is 6.07. The second-order valence-electron chi connectivity index (χ2n) is 8.57. The number of hydrogen-bond acceptors (Lipinski definition) is 8. The molecule has 37 heavy (non-hydrogen) atoms. The van der Waals surface area contributed by atoms with E-state index in [2.05, 4.69) is 16.5 Å². The van der Waals surface area contributed by atoms with Crippen molar-refractivity contribution in [3.8, 4) is 5.75 Å². The molecule has 2 amide bonds. The summed E-state index contributed by atoms with van der Waals surface area (Å²) in [4.78, 5) is 25.1. The minimum Gasteiger partial charge on any atom is -0.491 e. The summed E-state index contributed by atoms with van der Waals surface area (Å²) in [5.41, 5.74) is 11.8. The van der Waals surface area contributed by atoms with Crippen LogP contribution < -0.4 is 26.9 Å². The summed E-state index contributed by atoms with van der Waals surface area (Å²) in [6, 6.07) is -0.577. The number of hydrogen-bond donors (Lipinski definition) is 3. The summed E-state index contributed by atoms with van der Waals surface area (Å²) < 4.78 is 34.7. The number of carbonyl (C=O) groups excluding carboxylic acids is 1. The van der Waals surface area contributed by atoms with Gasteiger partial charge in [0.05, 0.1) is 34.3 Å². The Hall–Kier alpha value is -3.90. The molecule has 4 rings (SSSR count). The van der Waals surface area contributed by atoms with Crippen LogP contribution in [0.3, 0.4) is 0 Å². The first-order valence-electron chi connectivity index (χ1n) is 11.4. The van der Waals surface area contributed by atoms with Gasteiger partial charge in [-0.05, 0) is 19.1 Å². The van der Waals surface area contributed by atoms with Crippen LogP contribution in [0.15, 0.2) is 48.9 Å². The van der Waals surface area contributed by atoms with Crippen molar-refractivity contribution in [2.24, 2.45) is 17.3 Å². The standard InChI is InChI=1S/C24H27ClF2N8O2/c1-13(26)4-3-5-16(29)17-19(25)22-18-21(20(17)27)31-12-32-23(18)34-8-7-33(11-15(34)6-9-37-22)24(36)35(30)14(2)10-28/h3-5,10,12,15H,1,6-9,11,28-30H2,2H3/b4-3-,14-10-,16-5+. The molecule has 1 aromatic heterocycles. The van der Waals surface area contributed by atoms with Crippen LogP contribution >= 0.6 is 11.6 Å². The zero-order valence-electron chi connectivity index (χ0n) is 20.1. The van der Waals surface area contributed by atoms with Crippen molar-refractivity contribution in [1.29, 1.82) is 0 Å². The highest BCUT2D eigenvalue weighted by atomic mass is 35.5. The highest BCUT2D eigenvalue weighted by molar-refractivity contribution is 6.35. The van der Waals surface area contributed by atoms with Crippen LogP contribution in [-0.4, -0.2) is 58.2 Å².